The lowest BCUT2D eigenvalue weighted by atomic mass is 9.96. The molecule has 0 aliphatic heterocycles. The average molecular weight is 256 g/mol. The van der Waals surface area contributed by atoms with Gasteiger partial charge in [-0.2, -0.15) is 0 Å². The molecule has 0 aliphatic rings. The highest BCUT2D eigenvalue weighted by atomic mass is 16.5. The van der Waals surface area contributed by atoms with Crippen molar-refractivity contribution in [3.63, 3.8) is 0 Å². The Kier molecular flexibility index (Phi) is 4.45. The van der Waals surface area contributed by atoms with Crippen LogP contribution in [-0.2, 0) is 0 Å². The Morgan fingerprint density at radius 2 is 1.05 bits per heavy atom. The smallest absolute Gasteiger partial charge is 0.119 e. The van der Waals surface area contributed by atoms with Gasteiger partial charge in [0.25, 0.3) is 0 Å². The molecule has 0 bridgehead atoms. The first-order chi connectivity index (χ1) is 9.16. The van der Waals surface area contributed by atoms with Crippen LogP contribution in [0.5, 0.6) is 11.5 Å². The van der Waals surface area contributed by atoms with Gasteiger partial charge in [0.15, 0.2) is 0 Å². The fraction of sp³-hybridized carbons (Fsp3) is 0.294. The van der Waals surface area contributed by atoms with Crippen molar-refractivity contribution in [1.82, 2.24) is 0 Å². The maximum Gasteiger partial charge on any atom is 0.119 e. The molecule has 0 unspecified atom stereocenters. The van der Waals surface area contributed by atoms with Crippen LogP contribution in [-0.4, -0.2) is 13.2 Å². The third kappa shape index (κ3) is 4.66. The van der Waals surface area contributed by atoms with E-state index in [1.807, 2.05) is 60.7 Å². The summed E-state index contributed by atoms with van der Waals surface area (Å²) < 4.78 is 11.6. The van der Waals surface area contributed by atoms with E-state index in [9.17, 15) is 0 Å². The van der Waals surface area contributed by atoms with Crippen LogP contribution in [0.4, 0.5) is 0 Å². The Bertz CT molecular complexity index is 432. The molecule has 0 fully saturated rings. The summed E-state index contributed by atoms with van der Waals surface area (Å²) in [6, 6.07) is 19.7. The van der Waals surface area contributed by atoms with Gasteiger partial charge in [-0.15, -0.1) is 0 Å². The van der Waals surface area contributed by atoms with Gasteiger partial charge < -0.3 is 9.47 Å². The van der Waals surface area contributed by atoms with Crippen LogP contribution < -0.4 is 9.47 Å². The zero-order valence-corrected chi connectivity index (χ0v) is 11.5. The number of ether oxygens (including phenoxy) is 2. The van der Waals surface area contributed by atoms with Crippen molar-refractivity contribution < 1.29 is 9.47 Å². The topological polar surface area (TPSA) is 18.5 Å². The quantitative estimate of drug-likeness (QED) is 0.772. The van der Waals surface area contributed by atoms with Crippen LogP contribution in [0.2, 0.25) is 0 Å². The van der Waals surface area contributed by atoms with Gasteiger partial charge in [-0.3, -0.25) is 0 Å². The summed E-state index contributed by atoms with van der Waals surface area (Å²) in [7, 11) is 0. The highest BCUT2D eigenvalue weighted by Crippen LogP contribution is 2.20. The van der Waals surface area contributed by atoms with Crippen LogP contribution in [0.15, 0.2) is 60.7 Å². The average Bonchev–Trinajstić information content (AvgIpc) is 2.46. The molecule has 0 saturated carbocycles. The SMILES string of the molecule is CC(C)(COc1ccccc1)COc1ccccc1. The number of hydrogen-bond acceptors (Lipinski definition) is 2. The van der Waals surface area contributed by atoms with Crippen molar-refractivity contribution in [2.75, 3.05) is 13.2 Å². The molecular formula is C17H20O2. The fourth-order valence-electron chi connectivity index (χ4n) is 1.63. The van der Waals surface area contributed by atoms with E-state index in [-0.39, 0.29) is 5.41 Å². The van der Waals surface area contributed by atoms with Crippen molar-refractivity contribution in [2.24, 2.45) is 5.41 Å². The molecular weight excluding hydrogens is 236 g/mol. The van der Waals surface area contributed by atoms with E-state index < -0.39 is 0 Å². The normalized spacial score (nSPS) is 11.1. The molecule has 0 saturated heterocycles. The molecule has 2 heteroatoms. The van der Waals surface area contributed by atoms with Crippen molar-refractivity contribution >= 4 is 0 Å². The van der Waals surface area contributed by atoms with Gasteiger partial charge in [0.2, 0.25) is 0 Å². The summed E-state index contributed by atoms with van der Waals surface area (Å²) in [4.78, 5) is 0. The Labute approximate surface area is 115 Å². The van der Waals surface area contributed by atoms with Gasteiger partial charge in [0.1, 0.15) is 11.5 Å². The predicted molar refractivity (Wildman–Crippen MR) is 77.7 cm³/mol. The number of rotatable bonds is 6. The summed E-state index contributed by atoms with van der Waals surface area (Å²) in [6.45, 7) is 5.53. The Morgan fingerprint density at radius 1 is 0.684 bits per heavy atom. The highest BCUT2D eigenvalue weighted by Gasteiger charge is 2.20. The molecule has 0 aliphatic carbocycles. The Morgan fingerprint density at radius 3 is 1.42 bits per heavy atom. The van der Waals surface area contributed by atoms with E-state index in [1.165, 1.54) is 0 Å². The molecule has 0 spiro atoms. The van der Waals surface area contributed by atoms with Crippen molar-refractivity contribution in [3.05, 3.63) is 60.7 Å². The zero-order chi connectivity index (χ0) is 13.6. The molecule has 0 atom stereocenters. The van der Waals surface area contributed by atoms with Crippen LogP contribution in [0, 0.1) is 5.41 Å². The van der Waals surface area contributed by atoms with Crippen LogP contribution in [0.1, 0.15) is 13.8 Å². The van der Waals surface area contributed by atoms with E-state index in [1.54, 1.807) is 0 Å². The predicted octanol–water partition coefficient (Wildman–Crippen LogP) is 4.17. The summed E-state index contributed by atoms with van der Waals surface area (Å²) in [5.74, 6) is 1.80. The van der Waals surface area contributed by atoms with Crippen molar-refractivity contribution in [1.29, 1.82) is 0 Å². The molecule has 2 nitrogen and oxygen atoms in total. The molecule has 2 aromatic carbocycles. The molecule has 0 N–H and O–H groups in total. The third-order valence-electron chi connectivity index (χ3n) is 2.75. The first kappa shape index (κ1) is 13.5. The van der Waals surface area contributed by atoms with Crippen LogP contribution in [0.25, 0.3) is 0 Å². The van der Waals surface area contributed by atoms with Gasteiger partial charge in [-0.05, 0) is 24.3 Å². The molecule has 2 rings (SSSR count). The van der Waals surface area contributed by atoms with Gasteiger partial charge in [-0.1, -0.05) is 50.2 Å². The first-order valence-electron chi connectivity index (χ1n) is 6.51. The summed E-state index contributed by atoms with van der Waals surface area (Å²) >= 11 is 0. The standard InChI is InChI=1S/C17H20O2/c1-17(2,13-18-15-9-5-3-6-10-15)14-19-16-11-7-4-8-12-16/h3-12H,13-14H2,1-2H3. The monoisotopic (exact) mass is 256 g/mol. The van der Waals surface area contributed by atoms with Gasteiger partial charge >= 0.3 is 0 Å². The van der Waals surface area contributed by atoms with Gasteiger partial charge in [0, 0.05) is 5.41 Å². The Balaban J connectivity index is 1.82. The first-order valence-corrected chi connectivity index (χ1v) is 6.51. The summed E-state index contributed by atoms with van der Waals surface area (Å²) in [5.41, 5.74) is -0.0360. The molecule has 100 valence electrons. The second kappa shape index (κ2) is 6.28. The zero-order valence-electron chi connectivity index (χ0n) is 11.5. The van der Waals surface area contributed by atoms with E-state index in [0.717, 1.165) is 11.5 Å². The summed E-state index contributed by atoms with van der Waals surface area (Å²) in [5, 5.41) is 0. The van der Waals surface area contributed by atoms with E-state index in [4.69, 9.17) is 9.47 Å². The van der Waals surface area contributed by atoms with E-state index in [0.29, 0.717) is 13.2 Å². The minimum atomic E-state index is -0.0360. The maximum absolute atomic E-state index is 5.78. The molecule has 0 aromatic heterocycles. The maximum atomic E-state index is 5.78. The number of para-hydroxylation sites is 2. The van der Waals surface area contributed by atoms with Crippen LogP contribution in [0.3, 0.4) is 0 Å². The molecule has 0 heterocycles. The summed E-state index contributed by atoms with van der Waals surface area (Å²) in [6.07, 6.45) is 0. The third-order valence-corrected chi connectivity index (χ3v) is 2.75. The minimum absolute atomic E-state index is 0.0360. The van der Waals surface area contributed by atoms with Crippen molar-refractivity contribution in [3.8, 4) is 11.5 Å². The second-order valence-electron chi connectivity index (χ2n) is 5.37. The molecule has 0 radical (unpaired) electrons. The lowest BCUT2D eigenvalue weighted by molar-refractivity contribution is 0.110. The van der Waals surface area contributed by atoms with E-state index >= 15 is 0 Å². The fourth-order valence-corrected chi connectivity index (χ4v) is 1.63. The number of hydrogen-bond donors (Lipinski definition) is 0. The largest absolute Gasteiger partial charge is 0.493 e. The van der Waals surface area contributed by atoms with Crippen molar-refractivity contribution in [2.45, 2.75) is 13.8 Å². The molecule has 2 aromatic rings. The van der Waals surface area contributed by atoms with E-state index in [2.05, 4.69) is 13.8 Å². The van der Waals surface area contributed by atoms with Crippen LogP contribution >= 0.6 is 0 Å². The minimum Gasteiger partial charge on any atom is -0.493 e. The van der Waals surface area contributed by atoms with Gasteiger partial charge in [-0.25, -0.2) is 0 Å². The lowest BCUT2D eigenvalue weighted by Crippen LogP contribution is -2.28. The highest BCUT2D eigenvalue weighted by molar-refractivity contribution is 5.22. The van der Waals surface area contributed by atoms with Gasteiger partial charge in [0.05, 0.1) is 13.2 Å². The molecule has 19 heavy (non-hydrogen) atoms. The molecule has 0 amide bonds. The number of benzene rings is 2. The second-order valence-corrected chi connectivity index (χ2v) is 5.37. The lowest BCUT2D eigenvalue weighted by Gasteiger charge is -2.24. The Hall–Kier alpha value is -1.96.